The Labute approximate surface area is 176 Å². The van der Waals surface area contributed by atoms with E-state index in [4.69, 9.17) is 4.42 Å². The van der Waals surface area contributed by atoms with Gasteiger partial charge in [0.15, 0.2) is 0 Å². The number of aryl methyl sites for hydroxylation is 1. The number of hydrogen-bond donors (Lipinski definition) is 1. The van der Waals surface area contributed by atoms with E-state index in [1.54, 1.807) is 24.5 Å². The summed E-state index contributed by atoms with van der Waals surface area (Å²) >= 11 is 0. The van der Waals surface area contributed by atoms with Gasteiger partial charge in [-0.3, -0.25) is 9.10 Å². The lowest BCUT2D eigenvalue weighted by Crippen LogP contribution is -2.36. The number of anilines is 1. The highest BCUT2D eigenvalue weighted by atomic mass is 32.2. The number of nitrogens with zero attached hydrogens (tertiary/aromatic N) is 1. The summed E-state index contributed by atoms with van der Waals surface area (Å²) in [5, 5.41) is 2.90. The third-order valence-corrected chi connectivity index (χ3v) is 7.03. The second-order valence-electron chi connectivity index (χ2n) is 7.50. The van der Waals surface area contributed by atoms with E-state index in [9.17, 15) is 13.2 Å². The number of sulfonamides is 1. The summed E-state index contributed by atoms with van der Waals surface area (Å²) in [7, 11) is -3.76. The molecule has 2 aromatic carbocycles. The Morgan fingerprint density at radius 1 is 1.13 bits per heavy atom. The van der Waals surface area contributed by atoms with Crippen LogP contribution >= 0.6 is 0 Å². The van der Waals surface area contributed by atoms with Crippen molar-refractivity contribution in [2.45, 2.75) is 37.1 Å². The lowest BCUT2D eigenvalue weighted by molar-refractivity contribution is 0.0939. The number of benzene rings is 2. The lowest BCUT2D eigenvalue weighted by Gasteiger charge is -2.30. The summed E-state index contributed by atoms with van der Waals surface area (Å²) in [6.07, 6.45) is 3.77. The van der Waals surface area contributed by atoms with Crippen molar-refractivity contribution in [3.63, 3.8) is 0 Å². The molecule has 156 valence electrons. The van der Waals surface area contributed by atoms with Gasteiger partial charge >= 0.3 is 0 Å². The third kappa shape index (κ3) is 4.11. The van der Waals surface area contributed by atoms with Crippen LogP contribution in [0.4, 0.5) is 5.69 Å². The highest BCUT2D eigenvalue weighted by Gasteiger charge is 2.29. The van der Waals surface area contributed by atoms with Gasteiger partial charge in [0.25, 0.3) is 15.9 Å². The van der Waals surface area contributed by atoms with Crippen molar-refractivity contribution < 1.29 is 17.6 Å². The van der Waals surface area contributed by atoms with E-state index in [0.717, 1.165) is 24.2 Å². The number of para-hydroxylation sites is 1. The molecule has 0 saturated carbocycles. The molecule has 1 atom stereocenters. The molecule has 1 N–H and O–H groups in total. The van der Waals surface area contributed by atoms with Crippen molar-refractivity contribution >= 4 is 21.6 Å². The lowest BCUT2D eigenvalue weighted by atomic mass is 10.0. The molecule has 7 heteroatoms. The highest BCUT2D eigenvalue weighted by Crippen LogP contribution is 2.31. The SMILES string of the molecule is CC(Cc1ccco1)NC(=O)c1cccc(S(=O)(=O)N2CCCc3ccccc32)c1. The fourth-order valence-electron chi connectivity index (χ4n) is 3.76. The first-order valence-corrected chi connectivity index (χ1v) is 11.4. The molecule has 1 aliphatic rings. The first-order valence-electron chi connectivity index (χ1n) is 9.99. The average Bonchev–Trinajstić information content (AvgIpc) is 3.26. The van der Waals surface area contributed by atoms with Gasteiger partial charge in [-0.25, -0.2) is 8.42 Å². The van der Waals surface area contributed by atoms with E-state index in [2.05, 4.69) is 5.32 Å². The molecular weight excluding hydrogens is 400 g/mol. The molecule has 3 aromatic rings. The van der Waals surface area contributed by atoms with Crippen molar-refractivity contribution in [1.82, 2.24) is 5.32 Å². The van der Waals surface area contributed by atoms with Gasteiger partial charge in [0.05, 0.1) is 16.8 Å². The minimum absolute atomic E-state index is 0.116. The maximum atomic E-state index is 13.3. The minimum atomic E-state index is -3.76. The number of carbonyl (C=O) groups excluding carboxylic acids is 1. The van der Waals surface area contributed by atoms with Crippen LogP contribution in [0.3, 0.4) is 0 Å². The van der Waals surface area contributed by atoms with E-state index in [-0.39, 0.29) is 16.8 Å². The fraction of sp³-hybridized carbons (Fsp3) is 0.261. The van der Waals surface area contributed by atoms with Crippen molar-refractivity contribution in [3.8, 4) is 0 Å². The minimum Gasteiger partial charge on any atom is -0.469 e. The zero-order valence-electron chi connectivity index (χ0n) is 16.7. The van der Waals surface area contributed by atoms with Gasteiger partial charge in [0, 0.05) is 24.6 Å². The van der Waals surface area contributed by atoms with Crippen LogP contribution in [0.1, 0.15) is 35.0 Å². The van der Waals surface area contributed by atoms with Crippen molar-refractivity contribution in [3.05, 3.63) is 83.8 Å². The van der Waals surface area contributed by atoms with Crippen LogP contribution in [0.25, 0.3) is 0 Å². The van der Waals surface area contributed by atoms with Crippen LogP contribution in [0.2, 0.25) is 0 Å². The van der Waals surface area contributed by atoms with Gasteiger partial charge in [-0.1, -0.05) is 24.3 Å². The maximum absolute atomic E-state index is 13.3. The third-order valence-electron chi connectivity index (χ3n) is 5.22. The maximum Gasteiger partial charge on any atom is 0.264 e. The standard InChI is InChI=1S/C23H24N2O4S/c1-17(15-20-10-6-14-29-20)24-23(26)19-8-4-11-21(16-19)30(27,28)25-13-5-9-18-7-2-3-12-22(18)25/h2-4,6-8,10-12,14,16-17H,5,9,13,15H2,1H3,(H,24,26). The van der Waals surface area contributed by atoms with Crippen molar-refractivity contribution in [1.29, 1.82) is 0 Å². The zero-order chi connectivity index (χ0) is 21.1. The number of carbonyl (C=O) groups is 1. The molecule has 4 rings (SSSR count). The molecule has 1 unspecified atom stereocenters. The molecule has 0 fully saturated rings. The Morgan fingerprint density at radius 3 is 2.77 bits per heavy atom. The summed E-state index contributed by atoms with van der Waals surface area (Å²) in [6.45, 7) is 2.31. The molecule has 1 aromatic heterocycles. The molecule has 6 nitrogen and oxygen atoms in total. The Hall–Kier alpha value is -3.06. The van der Waals surface area contributed by atoms with E-state index in [1.807, 2.05) is 37.3 Å². The molecule has 1 amide bonds. The van der Waals surface area contributed by atoms with Crippen LogP contribution in [0, 0.1) is 0 Å². The normalized spacial score (nSPS) is 14.8. The topological polar surface area (TPSA) is 79.6 Å². The number of fused-ring (bicyclic) bond motifs is 1. The second-order valence-corrected chi connectivity index (χ2v) is 9.36. The first kappa shape index (κ1) is 20.2. The van der Waals surface area contributed by atoms with Gasteiger partial charge in [-0.2, -0.15) is 0 Å². The Balaban J connectivity index is 1.55. The van der Waals surface area contributed by atoms with Crippen molar-refractivity contribution in [2.75, 3.05) is 10.8 Å². The molecule has 0 aliphatic carbocycles. The summed E-state index contributed by atoms with van der Waals surface area (Å²) < 4.78 is 33.4. The van der Waals surface area contributed by atoms with Gasteiger partial charge in [0.2, 0.25) is 0 Å². The molecule has 2 heterocycles. The number of nitrogens with one attached hydrogen (secondary N) is 1. The van der Waals surface area contributed by atoms with Crippen LogP contribution in [-0.2, 0) is 22.9 Å². The molecule has 1 aliphatic heterocycles. The first-order chi connectivity index (χ1) is 14.4. The van der Waals surface area contributed by atoms with Crippen LogP contribution in [0.5, 0.6) is 0 Å². The summed E-state index contributed by atoms with van der Waals surface area (Å²) in [5.41, 5.74) is 2.05. The molecule has 0 bridgehead atoms. The van der Waals surface area contributed by atoms with E-state index in [0.29, 0.717) is 24.2 Å². The van der Waals surface area contributed by atoms with Gasteiger partial charge < -0.3 is 9.73 Å². The fourth-order valence-corrected chi connectivity index (χ4v) is 5.35. The van der Waals surface area contributed by atoms with E-state index in [1.165, 1.54) is 16.4 Å². The van der Waals surface area contributed by atoms with Crippen molar-refractivity contribution in [2.24, 2.45) is 0 Å². The quantitative estimate of drug-likeness (QED) is 0.653. The van der Waals surface area contributed by atoms with Gasteiger partial charge in [-0.15, -0.1) is 0 Å². The van der Waals surface area contributed by atoms with E-state index >= 15 is 0 Å². The Bertz CT molecular complexity index is 1140. The molecule has 0 saturated heterocycles. The number of amides is 1. The number of hydrogen-bond acceptors (Lipinski definition) is 4. The summed E-state index contributed by atoms with van der Waals surface area (Å²) in [4.78, 5) is 12.8. The summed E-state index contributed by atoms with van der Waals surface area (Å²) in [6, 6.07) is 17.3. The number of rotatable bonds is 6. The molecule has 30 heavy (non-hydrogen) atoms. The largest absolute Gasteiger partial charge is 0.469 e. The average molecular weight is 425 g/mol. The van der Waals surface area contributed by atoms with Gasteiger partial charge in [0.1, 0.15) is 5.76 Å². The Kier molecular flexibility index (Phi) is 5.63. The predicted molar refractivity (Wildman–Crippen MR) is 115 cm³/mol. The highest BCUT2D eigenvalue weighted by molar-refractivity contribution is 7.92. The zero-order valence-corrected chi connectivity index (χ0v) is 17.6. The summed E-state index contributed by atoms with van der Waals surface area (Å²) in [5.74, 6) is 0.466. The monoisotopic (exact) mass is 424 g/mol. The van der Waals surface area contributed by atoms with Crippen LogP contribution in [0.15, 0.2) is 76.2 Å². The predicted octanol–water partition coefficient (Wildman–Crippen LogP) is 3.78. The molecule has 0 radical (unpaired) electrons. The van der Waals surface area contributed by atoms with Gasteiger partial charge in [-0.05, 0) is 61.7 Å². The van der Waals surface area contributed by atoms with Crippen LogP contribution < -0.4 is 9.62 Å². The molecular formula is C23H24N2O4S. The smallest absolute Gasteiger partial charge is 0.264 e. The van der Waals surface area contributed by atoms with Crippen LogP contribution in [-0.4, -0.2) is 26.9 Å². The molecule has 0 spiro atoms. The number of furan rings is 1. The Morgan fingerprint density at radius 2 is 1.97 bits per heavy atom. The van der Waals surface area contributed by atoms with E-state index < -0.39 is 10.0 Å². The second kappa shape index (κ2) is 8.36.